The van der Waals surface area contributed by atoms with Crippen molar-refractivity contribution in [3.63, 3.8) is 0 Å². The molecule has 2 aromatic rings. The fraction of sp³-hybridized carbons (Fsp3) is 0.0909. The Bertz CT molecular complexity index is 587. The molecule has 0 unspecified atom stereocenters. The van der Waals surface area contributed by atoms with Gasteiger partial charge in [-0.2, -0.15) is 0 Å². The van der Waals surface area contributed by atoms with Crippen molar-refractivity contribution in [3.8, 4) is 11.5 Å². The van der Waals surface area contributed by atoms with Gasteiger partial charge in [-0.1, -0.05) is 0 Å². The van der Waals surface area contributed by atoms with Gasteiger partial charge in [0, 0.05) is 16.9 Å². The van der Waals surface area contributed by atoms with Crippen LogP contribution in [-0.2, 0) is 0 Å². The molecule has 5 nitrogen and oxygen atoms in total. The second-order valence-electron chi connectivity index (χ2n) is 3.33. The minimum absolute atomic E-state index is 0.0980. The van der Waals surface area contributed by atoms with Crippen LogP contribution in [0.2, 0.25) is 0 Å². The Morgan fingerprint density at radius 3 is 2.76 bits per heavy atom. The van der Waals surface area contributed by atoms with Gasteiger partial charge in [0.25, 0.3) is 0 Å². The minimum atomic E-state index is -1.03. The smallest absolute Gasteiger partial charge is 0.339 e. The molecule has 0 spiro atoms. The van der Waals surface area contributed by atoms with Crippen molar-refractivity contribution in [2.45, 2.75) is 6.92 Å². The molecule has 0 amide bonds. The van der Waals surface area contributed by atoms with Gasteiger partial charge in [0.2, 0.25) is 0 Å². The van der Waals surface area contributed by atoms with Crippen LogP contribution in [0.4, 0.5) is 0 Å². The quantitative estimate of drug-likeness (QED) is 0.919. The van der Waals surface area contributed by atoms with Crippen LogP contribution in [-0.4, -0.2) is 26.0 Å². The number of carbonyl (C=O) groups is 1. The summed E-state index contributed by atoms with van der Waals surface area (Å²) in [4.78, 5) is 23.1. The fourth-order valence-corrected chi connectivity index (χ4v) is 1.77. The first-order valence-corrected chi connectivity index (χ1v) is 5.56. The van der Waals surface area contributed by atoms with Crippen LogP contribution in [0, 0.1) is 6.92 Å². The maximum Gasteiger partial charge on any atom is 0.339 e. The lowest BCUT2D eigenvalue weighted by molar-refractivity contribution is 0.0695. The molecule has 0 radical (unpaired) electrons. The van der Waals surface area contributed by atoms with Crippen LogP contribution in [0.25, 0.3) is 11.5 Å². The molecule has 0 atom stereocenters. The number of pyridine rings is 1. The molecule has 0 aliphatic heterocycles. The molecule has 1 N–H and O–H groups in total. The number of aromatic nitrogens is 3. The van der Waals surface area contributed by atoms with Crippen molar-refractivity contribution in [1.82, 2.24) is 15.0 Å². The summed E-state index contributed by atoms with van der Waals surface area (Å²) >= 11 is 3.35. The summed E-state index contributed by atoms with van der Waals surface area (Å²) in [5, 5.41) is 8.88. The molecule has 6 heteroatoms. The van der Waals surface area contributed by atoms with Crippen molar-refractivity contribution in [1.29, 1.82) is 0 Å². The lowest BCUT2D eigenvalue weighted by Gasteiger charge is -2.04. The lowest BCUT2D eigenvalue weighted by Crippen LogP contribution is -2.04. The molecule has 0 aliphatic carbocycles. The van der Waals surface area contributed by atoms with Crippen LogP contribution in [0.1, 0.15) is 16.1 Å². The molecular weight excluding hydrogens is 286 g/mol. The zero-order valence-corrected chi connectivity index (χ0v) is 10.5. The molecular formula is C11H8BrN3O2. The lowest BCUT2D eigenvalue weighted by atomic mass is 10.2. The Morgan fingerprint density at radius 2 is 2.18 bits per heavy atom. The summed E-state index contributed by atoms with van der Waals surface area (Å²) in [6.45, 7) is 1.63. The van der Waals surface area contributed by atoms with Crippen LogP contribution in [0.5, 0.6) is 0 Å². The highest BCUT2D eigenvalue weighted by Gasteiger charge is 2.13. The monoisotopic (exact) mass is 293 g/mol. The molecule has 2 rings (SSSR count). The van der Waals surface area contributed by atoms with Crippen molar-refractivity contribution >= 4 is 21.9 Å². The predicted molar refractivity (Wildman–Crippen MR) is 64.7 cm³/mol. The van der Waals surface area contributed by atoms with Gasteiger partial charge >= 0.3 is 5.97 Å². The predicted octanol–water partition coefficient (Wildman–Crippen LogP) is 2.31. The van der Waals surface area contributed by atoms with Crippen molar-refractivity contribution < 1.29 is 9.90 Å². The average molecular weight is 294 g/mol. The van der Waals surface area contributed by atoms with Gasteiger partial charge in [-0.3, -0.25) is 4.98 Å². The Labute approximate surface area is 106 Å². The molecule has 86 valence electrons. The zero-order valence-electron chi connectivity index (χ0n) is 8.88. The largest absolute Gasteiger partial charge is 0.478 e. The molecule has 0 saturated carbocycles. The van der Waals surface area contributed by atoms with Crippen molar-refractivity contribution in [3.05, 3.63) is 40.3 Å². The van der Waals surface area contributed by atoms with E-state index in [-0.39, 0.29) is 5.56 Å². The average Bonchev–Trinajstić information content (AvgIpc) is 2.29. The highest BCUT2D eigenvalue weighted by atomic mass is 79.9. The Balaban J connectivity index is 2.52. The van der Waals surface area contributed by atoms with Crippen LogP contribution >= 0.6 is 15.9 Å². The minimum Gasteiger partial charge on any atom is -0.478 e. The maximum atomic E-state index is 10.8. The highest BCUT2D eigenvalue weighted by Crippen LogP contribution is 2.22. The van der Waals surface area contributed by atoms with E-state index in [1.165, 1.54) is 6.20 Å². The second-order valence-corrected chi connectivity index (χ2v) is 4.19. The summed E-state index contributed by atoms with van der Waals surface area (Å²) in [6.07, 6.45) is 2.92. The van der Waals surface area contributed by atoms with Gasteiger partial charge in [-0.25, -0.2) is 14.8 Å². The van der Waals surface area contributed by atoms with Gasteiger partial charge < -0.3 is 5.11 Å². The number of rotatable bonds is 2. The van der Waals surface area contributed by atoms with E-state index < -0.39 is 5.97 Å². The SMILES string of the molecule is Cc1nc(-c2ncccc2Br)ncc1C(=O)O. The number of aromatic carboxylic acids is 1. The van der Waals surface area contributed by atoms with Gasteiger partial charge in [-0.15, -0.1) is 0 Å². The van der Waals surface area contributed by atoms with Gasteiger partial charge in [0.1, 0.15) is 5.69 Å². The number of hydrogen-bond donors (Lipinski definition) is 1. The van der Waals surface area contributed by atoms with E-state index in [1.54, 1.807) is 19.2 Å². The van der Waals surface area contributed by atoms with Crippen molar-refractivity contribution in [2.24, 2.45) is 0 Å². The van der Waals surface area contributed by atoms with Gasteiger partial charge in [-0.05, 0) is 35.0 Å². The summed E-state index contributed by atoms with van der Waals surface area (Å²) in [5.74, 6) is -0.630. The zero-order chi connectivity index (χ0) is 12.4. The van der Waals surface area contributed by atoms with Crippen LogP contribution in [0.3, 0.4) is 0 Å². The highest BCUT2D eigenvalue weighted by molar-refractivity contribution is 9.10. The van der Waals surface area contributed by atoms with E-state index in [4.69, 9.17) is 5.11 Å². The number of halogens is 1. The number of nitrogens with zero attached hydrogens (tertiary/aromatic N) is 3. The molecule has 17 heavy (non-hydrogen) atoms. The number of aryl methyl sites for hydroxylation is 1. The number of hydrogen-bond acceptors (Lipinski definition) is 4. The van der Waals surface area contributed by atoms with E-state index in [2.05, 4.69) is 30.9 Å². The Hall–Kier alpha value is -1.82. The van der Waals surface area contributed by atoms with E-state index in [0.717, 1.165) is 4.47 Å². The summed E-state index contributed by atoms with van der Waals surface area (Å²) in [6, 6.07) is 3.61. The second kappa shape index (κ2) is 4.58. The molecule has 0 aliphatic rings. The molecule has 2 heterocycles. The first kappa shape index (κ1) is 11.7. The fourth-order valence-electron chi connectivity index (χ4n) is 1.34. The molecule has 0 aromatic carbocycles. The van der Waals surface area contributed by atoms with E-state index in [0.29, 0.717) is 17.2 Å². The Kier molecular flexibility index (Phi) is 3.14. The Morgan fingerprint density at radius 1 is 1.41 bits per heavy atom. The third-order valence-corrected chi connectivity index (χ3v) is 2.82. The van der Waals surface area contributed by atoms with Gasteiger partial charge in [0.15, 0.2) is 5.82 Å². The first-order valence-electron chi connectivity index (χ1n) is 4.77. The van der Waals surface area contributed by atoms with Crippen LogP contribution < -0.4 is 0 Å². The van der Waals surface area contributed by atoms with E-state index in [1.807, 2.05) is 6.07 Å². The topological polar surface area (TPSA) is 76.0 Å². The van der Waals surface area contributed by atoms with Crippen LogP contribution in [0.15, 0.2) is 29.0 Å². The number of carboxylic acids is 1. The standard InChI is InChI=1S/C11H8BrN3O2/c1-6-7(11(16)17)5-14-10(15-6)9-8(12)3-2-4-13-9/h2-5H,1H3,(H,16,17). The third-order valence-electron chi connectivity index (χ3n) is 2.18. The van der Waals surface area contributed by atoms with Crippen molar-refractivity contribution in [2.75, 3.05) is 0 Å². The van der Waals surface area contributed by atoms with E-state index in [9.17, 15) is 4.79 Å². The molecule has 0 fully saturated rings. The third kappa shape index (κ3) is 2.31. The summed E-state index contributed by atoms with van der Waals surface area (Å²) in [7, 11) is 0. The molecule has 0 saturated heterocycles. The summed E-state index contributed by atoms with van der Waals surface area (Å²) in [5.41, 5.74) is 1.10. The normalized spacial score (nSPS) is 10.2. The maximum absolute atomic E-state index is 10.8. The van der Waals surface area contributed by atoms with E-state index >= 15 is 0 Å². The summed E-state index contributed by atoms with van der Waals surface area (Å²) < 4.78 is 0.766. The van der Waals surface area contributed by atoms with Gasteiger partial charge in [0.05, 0.1) is 11.3 Å². The number of carboxylic acid groups (broad SMARTS) is 1. The molecule has 2 aromatic heterocycles. The molecule has 0 bridgehead atoms. The first-order chi connectivity index (χ1) is 8.09.